The minimum atomic E-state index is -0.908. The van der Waals surface area contributed by atoms with Gasteiger partial charge in [-0.15, -0.1) is 0 Å². The molecule has 1 aliphatic rings. The van der Waals surface area contributed by atoms with Crippen LogP contribution in [0, 0.1) is 0 Å². The molecule has 0 aliphatic carbocycles. The van der Waals surface area contributed by atoms with Gasteiger partial charge in [0.25, 0.3) is 0 Å². The number of rotatable bonds is 3. The Hall–Kier alpha value is -0.540. The lowest BCUT2D eigenvalue weighted by Gasteiger charge is -2.33. The molecule has 1 heterocycles. The van der Waals surface area contributed by atoms with E-state index in [2.05, 4.69) is 0 Å². The Morgan fingerprint density at radius 1 is 1.69 bits per heavy atom. The van der Waals surface area contributed by atoms with Gasteiger partial charge in [-0.1, -0.05) is 0 Å². The van der Waals surface area contributed by atoms with E-state index in [1.807, 2.05) is 6.92 Å². The van der Waals surface area contributed by atoms with Gasteiger partial charge in [0.15, 0.2) is 0 Å². The summed E-state index contributed by atoms with van der Waals surface area (Å²) in [6, 6.07) is 0. The van der Waals surface area contributed by atoms with Gasteiger partial charge in [0.2, 0.25) is 0 Å². The van der Waals surface area contributed by atoms with Gasteiger partial charge in [-0.05, 0) is 32.3 Å². The summed E-state index contributed by atoms with van der Waals surface area (Å²) >= 11 is 0. The van der Waals surface area contributed by atoms with Crippen molar-refractivity contribution in [1.29, 1.82) is 0 Å². The minimum absolute atomic E-state index is 0.208. The van der Waals surface area contributed by atoms with Crippen molar-refractivity contribution in [1.82, 2.24) is 0 Å². The first kappa shape index (κ1) is 10.5. The van der Waals surface area contributed by atoms with Gasteiger partial charge in [0, 0.05) is 7.11 Å². The lowest BCUT2D eigenvalue weighted by molar-refractivity contribution is -0.0533. The first-order valence-corrected chi connectivity index (χ1v) is 4.65. The molecular weight excluding hydrogens is 168 g/mol. The highest BCUT2D eigenvalue weighted by Gasteiger charge is 2.33. The molecule has 1 rings (SSSR count). The Kier molecular flexibility index (Phi) is 3.33. The van der Waals surface area contributed by atoms with Crippen LogP contribution < -0.4 is 0 Å². The van der Waals surface area contributed by atoms with E-state index in [1.54, 1.807) is 20.3 Å². The summed E-state index contributed by atoms with van der Waals surface area (Å²) in [6.07, 6.45) is 3.32. The van der Waals surface area contributed by atoms with Crippen molar-refractivity contribution >= 4 is 0 Å². The fourth-order valence-corrected chi connectivity index (χ4v) is 1.43. The third kappa shape index (κ3) is 2.23. The first-order chi connectivity index (χ1) is 6.09. The zero-order valence-electron chi connectivity index (χ0n) is 8.54. The lowest BCUT2D eigenvalue weighted by atomic mass is 9.88. The van der Waals surface area contributed by atoms with Gasteiger partial charge in [0.1, 0.15) is 5.60 Å². The van der Waals surface area contributed by atoms with Crippen molar-refractivity contribution in [2.45, 2.75) is 38.4 Å². The molecule has 0 amide bonds. The van der Waals surface area contributed by atoms with Crippen molar-refractivity contribution in [2.75, 3.05) is 13.7 Å². The van der Waals surface area contributed by atoms with Crippen LogP contribution >= 0.6 is 0 Å². The van der Waals surface area contributed by atoms with Crippen LogP contribution in [0.2, 0.25) is 0 Å². The highest BCUT2D eigenvalue weighted by atomic mass is 16.5. The molecule has 0 fully saturated rings. The molecule has 2 unspecified atom stereocenters. The standard InChI is InChI=1S/C10H18O3/c1-8(12-3)10(2,11)9-5-4-6-13-7-9/h7-8,11H,4-6H2,1-3H3. The van der Waals surface area contributed by atoms with Gasteiger partial charge < -0.3 is 14.6 Å². The van der Waals surface area contributed by atoms with Gasteiger partial charge in [-0.3, -0.25) is 0 Å². The van der Waals surface area contributed by atoms with E-state index < -0.39 is 5.60 Å². The van der Waals surface area contributed by atoms with Gasteiger partial charge in [-0.2, -0.15) is 0 Å². The zero-order chi connectivity index (χ0) is 9.90. The maximum Gasteiger partial charge on any atom is 0.112 e. The van der Waals surface area contributed by atoms with E-state index in [4.69, 9.17) is 9.47 Å². The molecular formula is C10H18O3. The molecule has 76 valence electrons. The summed E-state index contributed by atoms with van der Waals surface area (Å²) in [4.78, 5) is 0. The quantitative estimate of drug-likeness (QED) is 0.725. The molecule has 0 radical (unpaired) electrons. The molecule has 0 spiro atoms. The van der Waals surface area contributed by atoms with Gasteiger partial charge in [0.05, 0.1) is 19.0 Å². The normalized spacial score (nSPS) is 24.2. The molecule has 0 saturated carbocycles. The Balaban J connectivity index is 2.72. The number of aliphatic hydroxyl groups is 1. The fraction of sp³-hybridized carbons (Fsp3) is 0.800. The van der Waals surface area contributed by atoms with Crippen LogP contribution in [0.1, 0.15) is 26.7 Å². The van der Waals surface area contributed by atoms with Crippen LogP contribution in [0.4, 0.5) is 0 Å². The largest absolute Gasteiger partial charge is 0.501 e. The molecule has 1 aliphatic heterocycles. The Bertz CT molecular complexity index is 196. The molecule has 3 heteroatoms. The van der Waals surface area contributed by atoms with Crippen molar-refractivity contribution in [3.05, 3.63) is 11.8 Å². The van der Waals surface area contributed by atoms with Crippen molar-refractivity contribution < 1.29 is 14.6 Å². The van der Waals surface area contributed by atoms with E-state index in [9.17, 15) is 5.11 Å². The summed E-state index contributed by atoms with van der Waals surface area (Å²) in [7, 11) is 1.60. The monoisotopic (exact) mass is 186 g/mol. The second-order valence-electron chi connectivity index (χ2n) is 3.64. The Morgan fingerprint density at radius 3 is 2.85 bits per heavy atom. The predicted molar refractivity (Wildman–Crippen MR) is 50.4 cm³/mol. The van der Waals surface area contributed by atoms with E-state index in [0.29, 0.717) is 0 Å². The SMILES string of the molecule is COC(C)C(C)(O)C1=COCCC1. The van der Waals surface area contributed by atoms with Crippen LogP contribution in [0.5, 0.6) is 0 Å². The van der Waals surface area contributed by atoms with Crippen LogP contribution in [0.25, 0.3) is 0 Å². The first-order valence-electron chi connectivity index (χ1n) is 4.65. The molecule has 1 N–H and O–H groups in total. The van der Waals surface area contributed by atoms with Crippen LogP contribution in [0.15, 0.2) is 11.8 Å². The molecule has 0 bridgehead atoms. The average Bonchev–Trinajstić information content (AvgIpc) is 2.18. The highest BCUT2D eigenvalue weighted by molar-refractivity contribution is 5.16. The smallest absolute Gasteiger partial charge is 0.112 e. The van der Waals surface area contributed by atoms with Crippen molar-refractivity contribution in [2.24, 2.45) is 0 Å². The zero-order valence-corrected chi connectivity index (χ0v) is 8.54. The molecule has 3 nitrogen and oxygen atoms in total. The highest BCUT2D eigenvalue weighted by Crippen LogP contribution is 2.28. The second-order valence-corrected chi connectivity index (χ2v) is 3.64. The summed E-state index contributed by atoms with van der Waals surface area (Å²) in [6.45, 7) is 4.37. The van der Waals surface area contributed by atoms with Gasteiger partial charge >= 0.3 is 0 Å². The average molecular weight is 186 g/mol. The topological polar surface area (TPSA) is 38.7 Å². The maximum absolute atomic E-state index is 10.1. The summed E-state index contributed by atoms with van der Waals surface area (Å²) in [5.74, 6) is 0. The molecule has 0 aromatic carbocycles. The van der Waals surface area contributed by atoms with E-state index >= 15 is 0 Å². The minimum Gasteiger partial charge on any atom is -0.501 e. The van der Waals surface area contributed by atoms with E-state index in [-0.39, 0.29) is 6.10 Å². The Morgan fingerprint density at radius 2 is 2.38 bits per heavy atom. The number of hydrogen-bond donors (Lipinski definition) is 1. The summed E-state index contributed by atoms with van der Waals surface area (Å²) in [5.41, 5.74) is 0.0166. The molecule has 0 aromatic rings. The number of hydrogen-bond acceptors (Lipinski definition) is 3. The number of methoxy groups -OCH3 is 1. The summed E-state index contributed by atoms with van der Waals surface area (Å²) < 4.78 is 10.3. The maximum atomic E-state index is 10.1. The molecule has 2 atom stereocenters. The van der Waals surface area contributed by atoms with E-state index in [0.717, 1.165) is 25.0 Å². The van der Waals surface area contributed by atoms with Gasteiger partial charge in [-0.25, -0.2) is 0 Å². The Labute approximate surface area is 79.3 Å². The van der Waals surface area contributed by atoms with Crippen molar-refractivity contribution in [3.63, 3.8) is 0 Å². The third-order valence-electron chi connectivity index (χ3n) is 2.73. The molecule has 0 aromatic heterocycles. The van der Waals surface area contributed by atoms with Crippen LogP contribution in [-0.2, 0) is 9.47 Å². The second kappa shape index (κ2) is 4.11. The van der Waals surface area contributed by atoms with Crippen LogP contribution in [0.3, 0.4) is 0 Å². The summed E-state index contributed by atoms with van der Waals surface area (Å²) in [5, 5.41) is 10.1. The lowest BCUT2D eigenvalue weighted by Crippen LogP contribution is -2.41. The fourth-order valence-electron chi connectivity index (χ4n) is 1.43. The van der Waals surface area contributed by atoms with E-state index in [1.165, 1.54) is 0 Å². The predicted octanol–water partition coefficient (Wildman–Crippen LogP) is 1.47. The third-order valence-corrected chi connectivity index (χ3v) is 2.73. The molecule has 0 saturated heterocycles. The van der Waals surface area contributed by atoms with Crippen LogP contribution in [-0.4, -0.2) is 30.5 Å². The van der Waals surface area contributed by atoms with Crippen molar-refractivity contribution in [3.8, 4) is 0 Å². The number of ether oxygens (including phenoxy) is 2. The molecule has 13 heavy (non-hydrogen) atoms.